The minimum atomic E-state index is -3.47. The summed E-state index contributed by atoms with van der Waals surface area (Å²) in [7, 11) is -3.47. The van der Waals surface area contributed by atoms with Crippen LogP contribution in [0.25, 0.3) is 0 Å². The van der Waals surface area contributed by atoms with Gasteiger partial charge in [0.2, 0.25) is 21.8 Å². The Morgan fingerprint density at radius 3 is 2.34 bits per heavy atom. The number of carbonyl (C=O) groups excluding carboxylic acids is 2. The number of hydrogen-bond acceptors (Lipinski definition) is 4. The Labute approximate surface area is 197 Å². The molecule has 180 valence electrons. The van der Waals surface area contributed by atoms with Crippen molar-refractivity contribution in [3.8, 4) is 0 Å². The SMILES string of the molecule is CCCN(CC(=O)N(Cc1ccccc1C)C1CCN(C(=O)[C@H](C)Cl)CC1)S(=O)(=O)CC. The van der Waals surface area contributed by atoms with Gasteiger partial charge in [0.1, 0.15) is 5.38 Å². The molecule has 1 atom stereocenters. The zero-order chi connectivity index (χ0) is 23.9. The molecule has 1 saturated heterocycles. The predicted molar refractivity (Wildman–Crippen MR) is 128 cm³/mol. The van der Waals surface area contributed by atoms with E-state index in [2.05, 4.69) is 0 Å². The first kappa shape index (κ1) is 26.6. The number of alkyl halides is 1. The van der Waals surface area contributed by atoms with Gasteiger partial charge in [-0.1, -0.05) is 31.2 Å². The fraction of sp³-hybridized carbons (Fsp3) is 0.652. The molecule has 0 spiro atoms. The first-order chi connectivity index (χ1) is 15.1. The second kappa shape index (κ2) is 12.0. The molecule has 1 aromatic rings. The molecule has 1 aliphatic heterocycles. The number of amides is 2. The lowest BCUT2D eigenvalue weighted by Crippen LogP contribution is -2.52. The minimum absolute atomic E-state index is 0.0326. The lowest BCUT2D eigenvalue weighted by atomic mass is 10.0. The number of piperidine rings is 1. The lowest BCUT2D eigenvalue weighted by molar-refractivity contribution is -0.137. The largest absolute Gasteiger partial charge is 0.341 e. The summed E-state index contributed by atoms with van der Waals surface area (Å²) < 4.78 is 26.3. The van der Waals surface area contributed by atoms with E-state index in [4.69, 9.17) is 11.6 Å². The number of sulfonamides is 1. The summed E-state index contributed by atoms with van der Waals surface area (Å²) in [5.74, 6) is -0.325. The van der Waals surface area contributed by atoms with Crippen LogP contribution in [0.2, 0.25) is 0 Å². The van der Waals surface area contributed by atoms with Crippen LogP contribution >= 0.6 is 11.6 Å². The van der Waals surface area contributed by atoms with E-state index in [1.54, 1.807) is 18.7 Å². The van der Waals surface area contributed by atoms with Gasteiger partial charge in [-0.2, -0.15) is 4.31 Å². The monoisotopic (exact) mass is 485 g/mol. The van der Waals surface area contributed by atoms with Gasteiger partial charge in [0.25, 0.3) is 0 Å². The third-order valence-corrected chi connectivity index (χ3v) is 8.04. The summed E-state index contributed by atoms with van der Waals surface area (Å²) in [4.78, 5) is 29.2. The summed E-state index contributed by atoms with van der Waals surface area (Å²) in [6.45, 7) is 8.81. The van der Waals surface area contributed by atoms with E-state index < -0.39 is 15.4 Å². The van der Waals surface area contributed by atoms with Crippen molar-refractivity contribution in [1.29, 1.82) is 0 Å². The fourth-order valence-electron chi connectivity index (χ4n) is 4.03. The number of benzene rings is 1. The molecule has 2 amide bonds. The molecule has 0 aromatic heterocycles. The van der Waals surface area contributed by atoms with Gasteiger partial charge >= 0.3 is 0 Å². The standard InChI is InChI=1S/C23H36ClN3O4S/c1-5-13-26(32(30,31)6-2)17-22(28)27(16-20-10-8-7-9-18(20)3)21-11-14-25(15-12-21)23(29)19(4)24/h7-10,19,21H,5-6,11-17H2,1-4H3/t19-/m0/s1. The van der Waals surface area contributed by atoms with Gasteiger partial charge in [-0.15, -0.1) is 11.6 Å². The van der Waals surface area contributed by atoms with Crippen molar-refractivity contribution in [2.75, 3.05) is 31.9 Å². The summed E-state index contributed by atoms with van der Waals surface area (Å²) in [6.07, 6.45) is 1.92. The summed E-state index contributed by atoms with van der Waals surface area (Å²) in [6, 6.07) is 7.84. The molecule has 2 rings (SSSR count). The molecule has 9 heteroatoms. The lowest BCUT2D eigenvalue weighted by Gasteiger charge is -2.40. The van der Waals surface area contributed by atoms with Gasteiger partial charge in [0.05, 0.1) is 12.3 Å². The summed E-state index contributed by atoms with van der Waals surface area (Å²) in [5, 5.41) is -0.571. The molecule has 32 heavy (non-hydrogen) atoms. The Balaban J connectivity index is 2.24. The van der Waals surface area contributed by atoms with E-state index in [0.717, 1.165) is 11.1 Å². The highest BCUT2D eigenvalue weighted by molar-refractivity contribution is 7.89. The van der Waals surface area contributed by atoms with E-state index >= 15 is 0 Å². The quantitative estimate of drug-likeness (QED) is 0.477. The highest BCUT2D eigenvalue weighted by Crippen LogP contribution is 2.22. The third-order valence-electron chi connectivity index (χ3n) is 6.02. The molecule has 1 aromatic carbocycles. The molecule has 0 bridgehead atoms. The second-order valence-corrected chi connectivity index (χ2v) is 11.3. The van der Waals surface area contributed by atoms with Crippen LogP contribution in [0.15, 0.2) is 24.3 Å². The number of halogens is 1. The Hall–Kier alpha value is -1.64. The molecular weight excluding hydrogens is 450 g/mol. The summed E-state index contributed by atoms with van der Waals surface area (Å²) in [5.41, 5.74) is 2.12. The smallest absolute Gasteiger partial charge is 0.240 e. The van der Waals surface area contributed by atoms with Gasteiger partial charge in [-0.25, -0.2) is 8.42 Å². The van der Waals surface area contributed by atoms with Crippen LogP contribution in [0.5, 0.6) is 0 Å². The molecule has 7 nitrogen and oxygen atoms in total. The average Bonchev–Trinajstić information content (AvgIpc) is 2.77. The van der Waals surface area contributed by atoms with Gasteiger partial charge < -0.3 is 9.80 Å². The van der Waals surface area contributed by atoms with Crippen LogP contribution in [-0.2, 0) is 26.2 Å². The molecular formula is C23H36ClN3O4S. The van der Waals surface area contributed by atoms with Crippen molar-refractivity contribution in [1.82, 2.24) is 14.1 Å². The maximum absolute atomic E-state index is 13.4. The Kier molecular flexibility index (Phi) is 9.98. The van der Waals surface area contributed by atoms with Crippen molar-refractivity contribution in [2.45, 2.75) is 64.9 Å². The van der Waals surface area contributed by atoms with Crippen LogP contribution in [0.3, 0.4) is 0 Å². The Morgan fingerprint density at radius 2 is 1.81 bits per heavy atom. The van der Waals surface area contributed by atoms with E-state index in [1.807, 2.05) is 43.0 Å². The minimum Gasteiger partial charge on any atom is -0.341 e. The molecule has 1 fully saturated rings. The molecule has 0 aliphatic carbocycles. The number of carbonyl (C=O) groups is 2. The number of likely N-dealkylation sites (tertiary alicyclic amines) is 1. The molecule has 0 radical (unpaired) electrons. The maximum atomic E-state index is 13.4. The Bertz CT molecular complexity index is 883. The second-order valence-electron chi connectivity index (χ2n) is 8.35. The van der Waals surface area contributed by atoms with Crippen LogP contribution in [-0.4, -0.2) is 77.7 Å². The van der Waals surface area contributed by atoms with Crippen molar-refractivity contribution < 1.29 is 18.0 Å². The molecule has 0 saturated carbocycles. The van der Waals surface area contributed by atoms with Crippen molar-refractivity contribution in [2.24, 2.45) is 0 Å². The van der Waals surface area contributed by atoms with Crippen molar-refractivity contribution >= 4 is 33.4 Å². The first-order valence-electron chi connectivity index (χ1n) is 11.3. The number of hydrogen-bond donors (Lipinski definition) is 0. The molecule has 1 heterocycles. The van der Waals surface area contributed by atoms with Gasteiger partial charge in [-0.3, -0.25) is 9.59 Å². The molecule has 0 unspecified atom stereocenters. The topological polar surface area (TPSA) is 78.0 Å². The van der Waals surface area contributed by atoms with Gasteiger partial charge in [-0.05, 0) is 51.2 Å². The van der Waals surface area contributed by atoms with Crippen molar-refractivity contribution in [3.05, 3.63) is 35.4 Å². The van der Waals surface area contributed by atoms with Gasteiger partial charge in [0, 0.05) is 32.2 Å². The highest BCUT2D eigenvalue weighted by Gasteiger charge is 2.33. The summed E-state index contributed by atoms with van der Waals surface area (Å²) >= 11 is 5.96. The Morgan fingerprint density at radius 1 is 1.19 bits per heavy atom. The van der Waals surface area contributed by atoms with Crippen LogP contribution < -0.4 is 0 Å². The normalized spacial score (nSPS) is 16.2. The number of aryl methyl sites for hydroxylation is 1. The van der Waals surface area contributed by atoms with E-state index in [-0.39, 0.29) is 30.2 Å². The van der Waals surface area contributed by atoms with Gasteiger partial charge in [0.15, 0.2) is 0 Å². The van der Waals surface area contributed by atoms with E-state index in [9.17, 15) is 18.0 Å². The van der Waals surface area contributed by atoms with Crippen LogP contribution in [0.1, 0.15) is 51.2 Å². The van der Waals surface area contributed by atoms with E-state index in [1.165, 1.54) is 4.31 Å². The maximum Gasteiger partial charge on any atom is 0.240 e. The first-order valence-corrected chi connectivity index (χ1v) is 13.4. The fourth-order valence-corrected chi connectivity index (χ4v) is 5.30. The molecule has 1 aliphatic rings. The van der Waals surface area contributed by atoms with E-state index in [0.29, 0.717) is 45.4 Å². The third kappa shape index (κ3) is 6.93. The zero-order valence-corrected chi connectivity index (χ0v) is 21.2. The van der Waals surface area contributed by atoms with Crippen LogP contribution in [0, 0.1) is 6.92 Å². The number of nitrogens with zero attached hydrogens (tertiary/aromatic N) is 3. The molecule has 0 N–H and O–H groups in total. The predicted octanol–water partition coefficient (Wildman–Crippen LogP) is 3.00. The zero-order valence-electron chi connectivity index (χ0n) is 19.6. The van der Waals surface area contributed by atoms with Crippen molar-refractivity contribution in [3.63, 3.8) is 0 Å². The highest BCUT2D eigenvalue weighted by atomic mass is 35.5. The number of rotatable bonds is 10. The average molecular weight is 486 g/mol. The van der Waals surface area contributed by atoms with Crippen LogP contribution in [0.4, 0.5) is 0 Å².